The van der Waals surface area contributed by atoms with Crippen LogP contribution >= 0.6 is 0 Å². The summed E-state index contributed by atoms with van der Waals surface area (Å²) in [6.45, 7) is 4.59. The van der Waals surface area contributed by atoms with E-state index >= 15 is 0 Å². The van der Waals surface area contributed by atoms with Gasteiger partial charge in [-0.25, -0.2) is 14.5 Å². The van der Waals surface area contributed by atoms with Crippen molar-refractivity contribution in [1.82, 2.24) is 20.5 Å². The highest BCUT2D eigenvalue weighted by Crippen LogP contribution is 2.24. The summed E-state index contributed by atoms with van der Waals surface area (Å²) in [5, 5.41) is 6.31. The predicted molar refractivity (Wildman–Crippen MR) is 155 cm³/mol. The minimum Gasteiger partial charge on any atom is -0.468 e. The number of aromatic nitrogens is 1. The Morgan fingerprint density at radius 2 is 1.74 bits per heavy atom. The van der Waals surface area contributed by atoms with Gasteiger partial charge < -0.3 is 30.0 Å². The zero-order chi connectivity index (χ0) is 30.4. The van der Waals surface area contributed by atoms with Crippen LogP contribution in [0.15, 0.2) is 60.8 Å². The number of benzene rings is 2. The SMILES string of the molecule is COC(=O)CN1C(=O)N(c2ccccc2)C(=O)C[C@H]1CNC(=O)[C@@H](Cc1c[nH]c2ccccc12)NC(=O)OC(C)(C)C. The number of methoxy groups -OCH3 is 1. The molecule has 5 amide bonds. The largest absolute Gasteiger partial charge is 0.468 e. The van der Waals surface area contributed by atoms with Crippen molar-refractivity contribution in [2.45, 2.75) is 51.3 Å². The van der Waals surface area contributed by atoms with E-state index in [1.165, 1.54) is 12.0 Å². The third kappa shape index (κ3) is 7.25. The van der Waals surface area contributed by atoms with Crippen LogP contribution in [0.1, 0.15) is 32.8 Å². The van der Waals surface area contributed by atoms with Gasteiger partial charge in [-0.1, -0.05) is 36.4 Å². The molecule has 3 aromatic rings. The molecule has 2 heterocycles. The van der Waals surface area contributed by atoms with E-state index < -0.39 is 54.1 Å². The van der Waals surface area contributed by atoms with Gasteiger partial charge in [-0.15, -0.1) is 0 Å². The molecule has 2 atom stereocenters. The number of ether oxygens (including phenoxy) is 2. The minimum absolute atomic E-state index is 0.143. The Morgan fingerprint density at radius 1 is 1.05 bits per heavy atom. The Bertz CT molecular complexity index is 1460. The van der Waals surface area contributed by atoms with Crippen LogP contribution in [0.5, 0.6) is 0 Å². The number of nitrogens with zero attached hydrogens (tertiary/aromatic N) is 2. The predicted octanol–water partition coefficient (Wildman–Crippen LogP) is 3.12. The first-order valence-electron chi connectivity index (χ1n) is 13.5. The number of alkyl carbamates (subject to hydrolysis) is 1. The summed E-state index contributed by atoms with van der Waals surface area (Å²) in [5.74, 6) is -1.70. The number of imide groups is 1. The van der Waals surface area contributed by atoms with Gasteiger partial charge in [-0.2, -0.15) is 0 Å². The molecule has 1 aliphatic rings. The topological polar surface area (TPSA) is 150 Å². The molecule has 12 nitrogen and oxygen atoms in total. The van der Waals surface area contributed by atoms with Crippen molar-refractivity contribution in [2.75, 3.05) is 25.1 Å². The van der Waals surface area contributed by atoms with Gasteiger partial charge in [0.15, 0.2) is 0 Å². The number of urea groups is 1. The molecule has 0 unspecified atom stereocenters. The molecule has 0 aliphatic carbocycles. The smallest absolute Gasteiger partial charge is 0.408 e. The number of carbonyl (C=O) groups is 5. The Morgan fingerprint density at radius 3 is 2.43 bits per heavy atom. The minimum atomic E-state index is -1.04. The number of hydrogen-bond acceptors (Lipinski definition) is 7. The van der Waals surface area contributed by atoms with Gasteiger partial charge in [0.1, 0.15) is 18.2 Å². The zero-order valence-corrected chi connectivity index (χ0v) is 24.0. The molecule has 2 aromatic carbocycles. The normalized spacial score (nSPS) is 16.2. The van der Waals surface area contributed by atoms with Crippen molar-refractivity contribution in [3.05, 3.63) is 66.4 Å². The van der Waals surface area contributed by atoms with E-state index in [0.717, 1.165) is 21.4 Å². The van der Waals surface area contributed by atoms with Crippen LogP contribution < -0.4 is 15.5 Å². The number of rotatable bonds is 9. The number of nitrogens with one attached hydrogen (secondary N) is 3. The lowest BCUT2D eigenvalue weighted by Crippen LogP contribution is -2.61. The van der Waals surface area contributed by atoms with Crippen molar-refractivity contribution in [3.8, 4) is 0 Å². The molecule has 42 heavy (non-hydrogen) atoms. The summed E-state index contributed by atoms with van der Waals surface area (Å²) in [6, 6.07) is 13.4. The van der Waals surface area contributed by atoms with Crippen molar-refractivity contribution < 1.29 is 33.4 Å². The van der Waals surface area contributed by atoms with Crippen LogP contribution in [-0.2, 0) is 30.3 Å². The summed E-state index contributed by atoms with van der Waals surface area (Å²) < 4.78 is 10.2. The van der Waals surface area contributed by atoms with E-state index in [9.17, 15) is 24.0 Å². The first kappa shape index (κ1) is 30.1. The summed E-state index contributed by atoms with van der Waals surface area (Å²) in [7, 11) is 1.20. The summed E-state index contributed by atoms with van der Waals surface area (Å²) in [5.41, 5.74) is 1.26. The van der Waals surface area contributed by atoms with E-state index in [4.69, 9.17) is 9.47 Å². The maximum Gasteiger partial charge on any atom is 0.408 e. The molecule has 0 spiro atoms. The lowest BCUT2D eigenvalue weighted by Gasteiger charge is -2.39. The maximum atomic E-state index is 13.5. The monoisotopic (exact) mass is 577 g/mol. The third-order valence-corrected chi connectivity index (χ3v) is 6.70. The van der Waals surface area contributed by atoms with Crippen molar-refractivity contribution in [3.63, 3.8) is 0 Å². The number of hydrogen-bond donors (Lipinski definition) is 3. The van der Waals surface area contributed by atoms with E-state index in [-0.39, 0.29) is 19.4 Å². The van der Waals surface area contributed by atoms with Crippen LogP contribution in [0.3, 0.4) is 0 Å². The van der Waals surface area contributed by atoms with E-state index in [1.54, 1.807) is 57.3 Å². The first-order valence-corrected chi connectivity index (χ1v) is 13.5. The Balaban J connectivity index is 1.53. The van der Waals surface area contributed by atoms with Gasteiger partial charge in [-0.3, -0.25) is 14.4 Å². The Hall–Kier alpha value is -4.87. The molecule has 12 heteroatoms. The molecule has 222 valence electrons. The van der Waals surface area contributed by atoms with Gasteiger partial charge in [-0.05, 0) is 44.5 Å². The number of fused-ring (bicyclic) bond motifs is 1. The average molecular weight is 578 g/mol. The van der Waals surface area contributed by atoms with Crippen molar-refractivity contribution >= 4 is 46.5 Å². The molecular weight excluding hydrogens is 542 g/mol. The second-order valence-electron chi connectivity index (χ2n) is 10.9. The zero-order valence-electron chi connectivity index (χ0n) is 24.0. The second-order valence-corrected chi connectivity index (χ2v) is 10.9. The lowest BCUT2D eigenvalue weighted by molar-refractivity contribution is -0.142. The second kappa shape index (κ2) is 12.8. The number of esters is 1. The van der Waals surface area contributed by atoms with Gasteiger partial charge in [0.25, 0.3) is 0 Å². The van der Waals surface area contributed by atoms with Crippen molar-refractivity contribution in [1.29, 1.82) is 0 Å². The summed E-state index contributed by atoms with van der Waals surface area (Å²) >= 11 is 0. The van der Waals surface area contributed by atoms with Gasteiger partial charge in [0.05, 0.1) is 18.8 Å². The van der Waals surface area contributed by atoms with Gasteiger partial charge in [0, 0.05) is 36.5 Å². The first-order chi connectivity index (χ1) is 20.0. The van der Waals surface area contributed by atoms with Crippen LogP contribution in [0.25, 0.3) is 10.9 Å². The fourth-order valence-corrected chi connectivity index (χ4v) is 4.73. The fourth-order valence-electron chi connectivity index (χ4n) is 4.73. The molecule has 1 saturated heterocycles. The van der Waals surface area contributed by atoms with E-state index in [0.29, 0.717) is 5.69 Å². The molecule has 0 bridgehead atoms. The highest BCUT2D eigenvalue weighted by Gasteiger charge is 2.41. The molecular formula is C30H35N5O7. The fraction of sp³-hybridized carbons (Fsp3) is 0.367. The van der Waals surface area contributed by atoms with E-state index in [1.807, 2.05) is 24.3 Å². The maximum absolute atomic E-state index is 13.5. The van der Waals surface area contributed by atoms with E-state index in [2.05, 4.69) is 15.6 Å². The molecule has 1 fully saturated rings. The summed E-state index contributed by atoms with van der Waals surface area (Å²) in [6.07, 6.45) is 1.00. The average Bonchev–Trinajstić information content (AvgIpc) is 3.35. The number of amides is 5. The molecule has 1 aromatic heterocycles. The molecule has 0 saturated carbocycles. The third-order valence-electron chi connectivity index (χ3n) is 6.70. The standard InChI is InChI=1S/C30H35N5O7/c1-30(2,3)42-28(39)33-24(14-19-16-31-23-13-9-8-12-22(19)23)27(38)32-17-21-15-25(36)35(20-10-6-5-7-11-20)29(40)34(21)18-26(37)41-4/h5-13,16,21,24,31H,14-15,17-18H2,1-4H3,(H,32,38)(H,33,39)/t21-,24+/m0/s1. The number of anilines is 1. The number of aromatic amines is 1. The number of para-hydroxylation sites is 2. The molecule has 3 N–H and O–H groups in total. The van der Waals surface area contributed by atoms with Crippen molar-refractivity contribution in [2.24, 2.45) is 0 Å². The quantitative estimate of drug-likeness (QED) is 0.331. The molecule has 0 radical (unpaired) electrons. The number of carbonyl (C=O) groups excluding carboxylic acids is 5. The van der Waals surface area contributed by atoms with Crippen LogP contribution in [0.2, 0.25) is 0 Å². The molecule has 1 aliphatic heterocycles. The van der Waals surface area contributed by atoms with Crippen LogP contribution in [0.4, 0.5) is 15.3 Å². The molecule has 4 rings (SSSR count). The Kier molecular flexibility index (Phi) is 9.14. The highest BCUT2D eigenvalue weighted by atomic mass is 16.6. The summed E-state index contributed by atoms with van der Waals surface area (Å²) in [4.78, 5) is 70.2. The number of H-pyrrole nitrogens is 1. The van der Waals surface area contributed by atoms with Gasteiger partial charge >= 0.3 is 18.1 Å². The van der Waals surface area contributed by atoms with Crippen LogP contribution in [-0.4, -0.2) is 77.7 Å². The Labute approximate surface area is 243 Å². The lowest BCUT2D eigenvalue weighted by atomic mass is 10.0. The van der Waals surface area contributed by atoms with Crippen LogP contribution in [0, 0.1) is 0 Å². The van der Waals surface area contributed by atoms with Gasteiger partial charge in [0.2, 0.25) is 11.8 Å². The highest BCUT2D eigenvalue weighted by molar-refractivity contribution is 6.16.